The number of thiazole rings is 1. The highest BCUT2D eigenvalue weighted by Gasteiger charge is 2.34. The topological polar surface area (TPSA) is 65.5 Å². The molecule has 1 aliphatic rings. The molecule has 0 amide bonds. The second kappa shape index (κ2) is 7.10. The number of aromatic nitrogens is 1. The summed E-state index contributed by atoms with van der Waals surface area (Å²) in [7, 11) is 0. The molecule has 0 spiro atoms. The molecule has 0 unspecified atom stereocenters. The summed E-state index contributed by atoms with van der Waals surface area (Å²) >= 11 is 1.66. The van der Waals surface area contributed by atoms with E-state index in [9.17, 15) is 4.79 Å². The highest BCUT2D eigenvalue weighted by Crippen LogP contribution is 2.33. The third-order valence-corrected chi connectivity index (χ3v) is 5.24. The van der Waals surface area contributed by atoms with E-state index in [1.54, 1.807) is 11.3 Å². The van der Waals surface area contributed by atoms with Crippen LogP contribution in [0.25, 0.3) is 10.4 Å². The summed E-state index contributed by atoms with van der Waals surface area (Å²) < 4.78 is 0. The summed E-state index contributed by atoms with van der Waals surface area (Å²) in [5.74, 6) is -0.754. The number of nitrogens with one attached hydrogen (secondary N) is 1. The van der Waals surface area contributed by atoms with Crippen LogP contribution >= 0.6 is 11.3 Å². The molecule has 3 rings (SSSR count). The van der Waals surface area contributed by atoms with Crippen molar-refractivity contribution in [2.75, 3.05) is 18.4 Å². The third kappa shape index (κ3) is 3.89. The zero-order chi connectivity index (χ0) is 16.2. The second-order valence-electron chi connectivity index (χ2n) is 5.82. The van der Waals surface area contributed by atoms with Gasteiger partial charge in [-0.15, -0.1) is 0 Å². The van der Waals surface area contributed by atoms with Crippen molar-refractivity contribution in [3.63, 3.8) is 0 Å². The summed E-state index contributed by atoms with van der Waals surface area (Å²) in [5.41, 5.74) is 1.18. The van der Waals surface area contributed by atoms with Gasteiger partial charge < -0.3 is 10.4 Å². The number of hydrogen-bond acceptors (Lipinski definition) is 5. The van der Waals surface area contributed by atoms with E-state index in [-0.39, 0.29) is 6.54 Å². The fourth-order valence-corrected chi connectivity index (χ4v) is 3.83. The SMILES string of the molecule is CCN(CC(=O)O)C1CC(Nc2ncc(-c3ccccc3)s2)C1. The summed E-state index contributed by atoms with van der Waals surface area (Å²) in [4.78, 5) is 18.5. The van der Waals surface area contributed by atoms with E-state index >= 15 is 0 Å². The van der Waals surface area contributed by atoms with Crippen molar-refractivity contribution in [1.29, 1.82) is 0 Å². The van der Waals surface area contributed by atoms with E-state index < -0.39 is 5.97 Å². The quantitative estimate of drug-likeness (QED) is 0.816. The Kier molecular flexibility index (Phi) is 4.93. The lowest BCUT2D eigenvalue weighted by Crippen LogP contribution is -2.51. The molecule has 5 nitrogen and oxygen atoms in total. The van der Waals surface area contributed by atoms with Crippen LogP contribution in [-0.4, -0.2) is 46.1 Å². The molecule has 1 heterocycles. The molecule has 0 bridgehead atoms. The van der Waals surface area contributed by atoms with Gasteiger partial charge in [-0.1, -0.05) is 48.6 Å². The molecule has 6 heteroatoms. The normalized spacial score (nSPS) is 20.3. The van der Waals surface area contributed by atoms with Crippen molar-refractivity contribution in [2.45, 2.75) is 31.8 Å². The molecule has 0 radical (unpaired) electrons. The Bertz CT molecular complexity index is 653. The summed E-state index contributed by atoms with van der Waals surface area (Å²) in [6, 6.07) is 11.0. The van der Waals surface area contributed by atoms with Crippen LogP contribution in [-0.2, 0) is 4.79 Å². The van der Waals surface area contributed by atoms with Crippen LogP contribution in [0.4, 0.5) is 5.13 Å². The maximum Gasteiger partial charge on any atom is 0.317 e. The average Bonchev–Trinajstić information content (AvgIpc) is 2.98. The van der Waals surface area contributed by atoms with Crippen LogP contribution in [0.15, 0.2) is 36.5 Å². The average molecular weight is 331 g/mol. The highest BCUT2D eigenvalue weighted by atomic mass is 32.1. The molecule has 1 aromatic carbocycles. The first-order valence-electron chi connectivity index (χ1n) is 7.89. The maximum atomic E-state index is 10.9. The minimum Gasteiger partial charge on any atom is -0.480 e. The van der Waals surface area contributed by atoms with Crippen LogP contribution in [0.5, 0.6) is 0 Å². The van der Waals surface area contributed by atoms with Crippen molar-refractivity contribution < 1.29 is 9.90 Å². The van der Waals surface area contributed by atoms with Gasteiger partial charge in [0.2, 0.25) is 0 Å². The van der Waals surface area contributed by atoms with Crippen LogP contribution < -0.4 is 5.32 Å². The Morgan fingerprint density at radius 3 is 2.78 bits per heavy atom. The number of benzene rings is 1. The van der Waals surface area contributed by atoms with E-state index in [2.05, 4.69) is 22.4 Å². The van der Waals surface area contributed by atoms with Gasteiger partial charge in [0, 0.05) is 18.3 Å². The number of carbonyl (C=O) groups is 1. The molecule has 23 heavy (non-hydrogen) atoms. The molecule has 0 atom stereocenters. The first-order chi connectivity index (χ1) is 11.2. The van der Waals surface area contributed by atoms with Gasteiger partial charge >= 0.3 is 5.97 Å². The Hall–Kier alpha value is -1.92. The summed E-state index contributed by atoms with van der Waals surface area (Å²) in [6.07, 6.45) is 3.85. The minimum atomic E-state index is -0.754. The van der Waals surface area contributed by atoms with Gasteiger partial charge in [-0.25, -0.2) is 4.98 Å². The maximum absolute atomic E-state index is 10.9. The zero-order valence-corrected chi connectivity index (χ0v) is 13.9. The molecule has 2 N–H and O–H groups in total. The second-order valence-corrected chi connectivity index (χ2v) is 6.85. The van der Waals surface area contributed by atoms with Gasteiger partial charge in [-0.05, 0) is 24.9 Å². The lowest BCUT2D eigenvalue weighted by molar-refractivity contribution is -0.139. The van der Waals surface area contributed by atoms with Crippen molar-refractivity contribution in [3.05, 3.63) is 36.5 Å². The minimum absolute atomic E-state index is 0.128. The Balaban J connectivity index is 1.52. The molecule has 1 saturated carbocycles. The van der Waals surface area contributed by atoms with Gasteiger partial charge in [0.05, 0.1) is 11.4 Å². The lowest BCUT2D eigenvalue weighted by atomic mass is 9.85. The van der Waals surface area contributed by atoms with E-state index in [0.29, 0.717) is 12.1 Å². The molecular weight excluding hydrogens is 310 g/mol. The number of hydrogen-bond donors (Lipinski definition) is 2. The predicted octanol–water partition coefficient (Wildman–Crippen LogP) is 3.16. The number of likely N-dealkylation sites (N-methyl/N-ethyl adjacent to an activating group) is 1. The fraction of sp³-hybridized carbons (Fsp3) is 0.412. The highest BCUT2D eigenvalue weighted by molar-refractivity contribution is 7.18. The molecule has 0 aliphatic heterocycles. The Labute approximate surface area is 140 Å². The number of carboxylic acids is 1. The Morgan fingerprint density at radius 2 is 2.13 bits per heavy atom. The molecule has 1 fully saturated rings. The number of nitrogens with zero attached hydrogens (tertiary/aromatic N) is 2. The lowest BCUT2D eigenvalue weighted by Gasteiger charge is -2.42. The first kappa shape index (κ1) is 16.0. The number of carboxylic acid groups (broad SMARTS) is 1. The van der Waals surface area contributed by atoms with Crippen molar-refractivity contribution in [1.82, 2.24) is 9.88 Å². The standard InChI is InChI=1S/C17H21N3O2S/c1-2-20(11-16(21)22)14-8-13(9-14)19-17-18-10-15(23-17)12-6-4-3-5-7-12/h3-7,10,13-14H,2,8-9,11H2,1H3,(H,18,19)(H,21,22). The van der Waals surface area contributed by atoms with E-state index in [0.717, 1.165) is 29.4 Å². The van der Waals surface area contributed by atoms with Crippen LogP contribution in [0.2, 0.25) is 0 Å². The summed E-state index contributed by atoms with van der Waals surface area (Å²) in [5, 5.41) is 13.3. The van der Waals surface area contributed by atoms with Gasteiger partial charge in [-0.3, -0.25) is 9.69 Å². The van der Waals surface area contributed by atoms with Crippen LogP contribution in [0.3, 0.4) is 0 Å². The molecule has 1 aliphatic carbocycles. The summed E-state index contributed by atoms with van der Waals surface area (Å²) in [6.45, 7) is 2.92. The first-order valence-corrected chi connectivity index (χ1v) is 8.71. The van der Waals surface area contributed by atoms with Gasteiger partial charge in [0.1, 0.15) is 0 Å². The number of rotatable bonds is 7. The van der Waals surface area contributed by atoms with Crippen LogP contribution in [0.1, 0.15) is 19.8 Å². The number of anilines is 1. The van der Waals surface area contributed by atoms with Crippen molar-refractivity contribution >= 4 is 22.4 Å². The Morgan fingerprint density at radius 1 is 1.39 bits per heavy atom. The molecule has 2 aromatic rings. The largest absolute Gasteiger partial charge is 0.480 e. The van der Waals surface area contributed by atoms with E-state index in [1.165, 1.54) is 5.56 Å². The van der Waals surface area contributed by atoms with E-state index in [1.807, 2.05) is 36.2 Å². The third-order valence-electron chi connectivity index (χ3n) is 4.27. The molecule has 1 aromatic heterocycles. The molecular formula is C17H21N3O2S. The van der Waals surface area contributed by atoms with Gasteiger partial charge in [-0.2, -0.15) is 0 Å². The smallest absolute Gasteiger partial charge is 0.317 e. The monoisotopic (exact) mass is 331 g/mol. The predicted molar refractivity (Wildman–Crippen MR) is 92.9 cm³/mol. The van der Waals surface area contributed by atoms with Gasteiger partial charge in [0.15, 0.2) is 5.13 Å². The molecule has 122 valence electrons. The van der Waals surface area contributed by atoms with Crippen LogP contribution in [0, 0.1) is 0 Å². The zero-order valence-electron chi connectivity index (χ0n) is 13.1. The van der Waals surface area contributed by atoms with Gasteiger partial charge in [0.25, 0.3) is 0 Å². The van der Waals surface area contributed by atoms with E-state index in [4.69, 9.17) is 5.11 Å². The number of aliphatic carboxylic acids is 1. The molecule has 0 saturated heterocycles. The van der Waals surface area contributed by atoms with Crippen molar-refractivity contribution in [3.8, 4) is 10.4 Å². The van der Waals surface area contributed by atoms with Crippen molar-refractivity contribution in [2.24, 2.45) is 0 Å². The fourth-order valence-electron chi connectivity index (χ4n) is 2.93.